The van der Waals surface area contributed by atoms with Crippen molar-refractivity contribution >= 4 is 33.3 Å². The second-order valence-corrected chi connectivity index (χ2v) is 11.7. The zero-order chi connectivity index (χ0) is 24.3. The average Bonchev–Trinajstić information content (AvgIpc) is 3.45. The van der Waals surface area contributed by atoms with E-state index in [1.165, 1.54) is 22.3 Å². The van der Waals surface area contributed by atoms with Crippen molar-refractivity contribution in [1.82, 2.24) is 25.4 Å². The fraction of sp³-hybridized carbons (Fsp3) is 0.577. The lowest BCUT2D eigenvalue weighted by Gasteiger charge is -2.42. The molecule has 1 saturated heterocycles. The van der Waals surface area contributed by atoms with E-state index in [1.807, 2.05) is 6.07 Å². The Morgan fingerprint density at radius 1 is 1.12 bits per heavy atom. The van der Waals surface area contributed by atoms with E-state index in [2.05, 4.69) is 89.3 Å². The third kappa shape index (κ3) is 5.96. The van der Waals surface area contributed by atoms with E-state index >= 15 is 0 Å². The fourth-order valence-corrected chi connectivity index (χ4v) is 5.38. The molecule has 0 bridgehead atoms. The molecule has 8 heteroatoms. The van der Waals surface area contributed by atoms with Gasteiger partial charge in [-0.05, 0) is 57.6 Å². The molecule has 2 aromatic heterocycles. The highest BCUT2D eigenvalue weighted by molar-refractivity contribution is 7.17. The van der Waals surface area contributed by atoms with Crippen LogP contribution in [0, 0.1) is 5.92 Å². The minimum atomic E-state index is -0.120. The van der Waals surface area contributed by atoms with Crippen molar-refractivity contribution in [1.29, 1.82) is 0 Å². The molecule has 1 atom stereocenters. The van der Waals surface area contributed by atoms with Gasteiger partial charge in [-0.15, -0.1) is 10.2 Å². The topological polar surface area (TPSA) is 77.1 Å². The van der Waals surface area contributed by atoms with E-state index < -0.39 is 0 Å². The number of fused-ring (bicyclic) bond motifs is 1. The summed E-state index contributed by atoms with van der Waals surface area (Å²) in [6.45, 7) is 15.0. The summed E-state index contributed by atoms with van der Waals surface area (Å²) in [5.74, 6) is 0.466. The molecule has 1 amide bonds. The predicted molar refractivity (Wildman–Crippen MR) is 141 cm³/mol. The maximum Gasteiger partial charge on any atom is 0.282 e. The van der Waals surface area contributed by atoms with E-state index in [1.54, 1.807) is 0 Å². The monoisotopic (exact) mass is 482 g/mol. The number of H-pyrrole nitrogens is 1. The quantitative estimate of drug-likeness (QED) is 0.486. The van der Waals surface area contributed by atoms with E-state index in [0.717, 1.165) is 56.1 Å². The smallest absolute Gasteiger partial charge is 0.282 e. The number of benzene rings is 1. The van der Waals surface area contributed by atoms with Crippen molar-refractivity contribution in [3.05, 3.63) is 41.0 Å². The zero-order valence-electron chi connectivity index (χ0n) is 21.1. The number of rotatable bonds is 8. The number of piperazine rings is 1. The summed E-state index contributed by atoms with van der Waals surface area (Å²) in [6, 6.07) is 8.38. The van der Waals surface area contributed by atoms with Gasteiger partial charge in [0.2, 0.25) is 10.1 Å². The Bertz CT molecular complexity index is 1090. The predicted octanol–water partition coefficient (Wildman–Crippen LogP) is 4.72. The number of hydrogen-bond acceptors (Lipinski definition) is 6. The Balaban J connectivity index is 1.41. The summed E-state index contributed by atoms with van der Waals surface area (Å²) in [5.41, 5.74) is 2.54. The Labute approximate surface area is 206 Å². The number of anilines is 1. The second kappa shape index (κ2) is 10.4. The molecule has 1 aliphatic heterocycles. The van der Waals surface area contributed by atoms with Crippen LogP contribution in [0.15, 0.2) is 30.5 Å². The van der Waals surface area contributed by atoms with Crippen LogP contribution in [0.1, 0.15) is 62.8 Å². The van der Waals surface area contributed by atoms with Gasteiger partial charge < -0.3 is 15.2 Å². The van der Waals surface area contributed by atoms with Gasteiger partial charge in [0.25, 0.3) is 5.91 Å². The van der Waals surface area contributed by atoms with E-state index in [9.17, 15) is 4.79 Å². The second-order valence-electron chi connectivity index (χ2n) is 10.7. The summed E-state index contributed by atoms with van der Waals surface area (Å²) in [5, 5.41) is 14.4. The molecule has 34 heavy (non-hydrogen) atoms. The number of aromatic nitrogens is 3. The zero-order valence-corrected chi connectivity index (χ0v) is 21.9. The molecule has 4 rings (SSSR count). The molecule has 3 aromatic rings. The first-order chi connectivity index (χ1) is 16.2. The van der Waals surface area contributed by atoms with Crippen molar-refractivity contribution in [3.8, 4) is 0 Å². The standard InChI is InChI=1S/C26H38N6OS/c1-18(2)10-11-20(16-19-17-27-22-9-7-6-8-21(19)22)28-23(33)24-29-30-25(34-24)31-12-14-32(15-13-31)26(3,4)5/h6-9,17-18,20,27H,10-16H2,1-5H3,(H,28,33). The lowest BCUT2D eigenvalue weighted by molar-refractivity contribution is 0.0932. The number of hydrogen-bond donors (Lipinski definition) is 2. The number of para-hydroxylation sites is 1. The van der Waals surface area contributed by atoms with Crippen LogP contribution in [-0.2, 0) is 6.42 Å². The maximum atomic E-state index is 13.1. The molecule has 2 N–H and O–H groups in total. The SMILES string of the molecule is CC(C)CCC(Cc1c[nH]c2ccccc12)NC(=O)c1nnc(N2CCN(C(C)(C)C)CC2)s1. The Kier molecular flexibility index (Phi) is 7.57. The molecule has 1 aliphatic rings. The maximum absolute atomic E-state index is 13.1. The number of nitrogens with zero attached hydrogens (tertiary/aromatic N) is 4. The van der Waals surface area contributed by atoms with Gasteiger partial charge in [0, 0.05) is 54.9 Å². The van der Waals surface area contributed by atoms with Gasteiger partial charge in [-0.3, -0.25) is 9.69 Å². The van der Waals surface area contributed by atoms with E-state index in [4.69, 9.17) is 0 Å². The summed E-state index contributed by atoms with van der Waals surface area (Å²) < 4.78 is 0. The van der Waals surface area contributed by atoms with Crippen LogP contribution in [-0.4, -0.2) is 63.7 Å². The van der Waals surface area contributed by atoms with Gasteiger partial charge in [-0.1, -0.05) is 43.4 Å². The van der Waals surface area contributed by atoms with Crippen molar-refractivity contribution in [2.75, 3.05) is 31.1 Å². The first-order valence-electron chi connectivity index (χ1n) is 12.4. The van der Waals surface area contributed by atoms with Crippen molar-refractivity contribution in [2.45, 2.75) is 65.5 Å². The lowest BCUT2D eigenvalue weighted by Crippen LogP contribution is -2.53. The van der Waals surface area contributed by atoms with E-state index in [0.29, 0.717) is 10.9 Å². The van der Waals surface area contributed by atoms with Crippen LogP contribution < -0.4 is 10.2 Å². The molecule has 0 saturated carbocycles. The summed E-state index contributed by atoms with van der Waals surface area (Å²) in [4.78, 5) is 21.2. The van der Waals surface area contributed by atoms with Crippen LogP contribution in [0.2, 0.25) is 0 Å². The average molecular weight is 483 g/mol. The molecule has 0 aliphatic carbocycles. The van der Waals surface area contributed by atoms with Crippen LogP contribution in [0.4, 0.5) is 5.13 Å². The molecule has 184 valence electrons. The van der Waals surface area contributed by atoms with Crippen LogP contribution in [0.5, 0.6) is 0 Å². The summed E-state index contributed by atoms with van der Waals surface area (Å²) >= 11 is 1.40. The Morgan fingerprint density at radius 2 is 1.85 bits per heavy atom. The van der Waals surface area contributed by atoms with Crippen LogP contribution in [0.25, 0.3) is 10.9 Å². The van der Waals surface area contributed by atoms with Gasteiger partial charge >= 0.3 is 0 Å². The molecule has 1 aromatic carbocycles. The largest absolute Gasteiger partial charge is 0.361 e. The molecular weight excluding hydrogens is 444 g/mol. The lowest BCUT2D eigenvalue weighted by atomic mass is 9.97. The highest BCUT2D eigenvalue weighted by Gasteiger charge is 2.28. The van der Waals surface area contributed by atoms with Crippen molar-refractivity contribution < 1.29 is 4.79 Å². The van der Waals surface area contributed by atoms with Gasteiger partial charge in [-0.25, -0.2) is 0 Å². The minimum Gasteiger partial charge on any atom is -0.361 e. The highest BCUT2D eigenvalue weighted by atomic mass is 32.1. The fourth-order valence-electron chi connectivity index (χ4n) is 4.58. The molecule has 1 fully saturated rings. The first kappa shape index (κ1) is 24.7. The van der Waals surface area contributed by atoms with Gasteiger partial charge in [0.1, 0.15) is 0 Å². The summed E-state index contributed by atoms with van der Waals surface area (Å²) in [6.07, 6.45) is 4.86. The van der Waals surface area contributed by atoms with Crippen LogP contribution >= 0.6 is 11.3 Å². The Morgan fingerprint density at radius 3 is 2.56 bits per heavy atom. The van der Waals surface area contributed by atoms with Gasteiger partial charge in [-0.2, -0.15) is 0 Å². The number of carbonyl (C=O) groups excluding carboxylic acids is 1. The third-order valence-corrected chi connectivity index (χ3v) is 7.66. The number of nitrogens with one attached hydrogen (secondary N) is 2. The molecule has 7 nitrogen and oxygen atoms in total. The van der Waals surface area contributed by atoms with Gasteiger partial charge in [0.05, 0.1) is 0 Å². The van der Waals surface area contributed by atoms with E-state index in [-0.39, 0.29) is 17.5 Å². The van der Waals surface area contributed by atoms with Crippen molar-refractivity contribution in [2.24, 2.45) is 5.92 Å². The molecular formula is C26H38N6OS. The number of aromatic amines is 1. The van der Waals surface area contributed by atoms with Crippen LogP contribution in [0.3, 0.4) is 0 Å². The molecule has 1 unspecified atom stereocenters. The Hall–Kier alpha value is -2.45. The van der Waals surface area contributed by atoms with Gasteiger partial charge in [0.15, 0.2) is 0 Å². The highest BCUT2D eigenvalue weighted by Crippen LogP contribution is 2.25. The first-order valence-corrected chi connectivity index (χ1v) is 13.2. The minimum absolute atomic E-state index is 0.0526. The number of amides is 1. The van der Waals surface area contributed by atoms with Crippen molar-refractivity contribution in [3.63, 3.8) is 0 Å². The molecule has 3 heterocycles. The molecule has 0 spiro atoms. The summed E-state index contributed by atoms with van der Waals surface area (Å²) in [7, 11) is 0. The molecule has 0 radical (unpaired) electrons. The normalized spacial score (nSPS) is 16.4. The third-order valence-electron chi connectivity index (χ3n) is 6.68. The number of carbonyl (C=O) groups is 1.